The maximum absolute atomic E-state index is 12.3. The van der Waals surface area contributed by atoms with Crippen molar-refractivity contribution in [2.75, 3.05) is 12.3 Å². The van der Waals surface area contributed by atoms with E-state index >= 15 is 0 Å². The molecule has 1 saturated heterocycles. The zero-order valence-corrected chi connectivity index (χ0v) is 11.3. The number of primary amides is 1. The molecule has 1 aliphatic rings. The molecule has 1 atom stereocenters. The van der Waals surface area contributed by atoms with Crippen LogP contribution in [0.15, 0.2) is 22.7 Å². The number of carbonyl (C=O) groups is 2. The first-order chi connectivity index (χ1) is 8.50. The van der Waals surface area contributed by atoms with Crippen LogP contribution in [-0.4, -0.2) is 29.3 Å². The lowest BCUT2D eigenvalue weighted by Crippen LogP contribution is -2.43. The maximum Gasteiger partial charge on any atom is 0.254 e. The van der Waals surface area contributed by atoms with Crippen LogP contribution in [0.25, 0.3) is 0 Å². The van der Waals surface area contributed by atoms with E-state index in [4.69, 9.17) is 11.5 Å². The summed E-state index contributed by atoms with van der Waals surface area (Å²) in [7, 11) is 0. The summed E-state index contributed by atoms with van der Waals surface area (Å²) < 4.78 is 0.670. The fourth-order valence-corrected chi connectivity index (χ4v) is 2.51. The number of hydrogen-bond donors (Lipinski definition) is 2. The number of likely N-dealkylation sites (tertiary alicyclic amines) is 1. The molecule has 2 amide bonds. The number of nitrogens with two attached hydrogens (primary N) is 2. The van der Waals surface area contributed by atoms with Crippen LogP contribution in [0.2, 0.25) is 0 Å². The van der Waals surface area contributed by atoms with E-state index in [2.05, 4.69) is 15.9 Å². The summed E-state index contributed by atoms with van der Waals surface area (Å²) in [6, 6.07) is 4.48. The Kier molecular flexibility index (Phi) is 3.56. The molecule has 0 spiro atoms. The van der Waals surface area contributed by atoms with Crippen LogP contribution in [0.3, 0.4) is 0 Å². The Balaban J connectivity index is 2.25. The van der Waals surface area contributed by atoms with Crippen molar-refractivity contribution in [2.24, 2.45) is 5.73 Å². The average molecular weight is 312 g/mol. The molecule has 1 heterocycles. The van der Waals surface area contributed by atoms with Gasteiger partial charge in [0.2, 0.25) is 5.91 Å². The van der Waals surface area contributed by atoms with Gasteiger partial charge in [0.25, 0.3) is 5.91 Å². The molecular formula is C12H14BrN3O2. The molecule has 0 aromatic heterocycles. The number of hydrogen-bond acceptors (Lipinski definition) is 3. The highest BCUT2D eigenvalue weighted by Gasteiger charge is 2.33. The normalized spacial score (nSPS) is 18.9. The summed E-state index contributed by atoms with van der Waals surface area (Å²) in [5, 5.41) is 0. The number of nitrogens with zero attached hydrogens (tertiary/aromatic N) is 1. The van der Waals surface area contributed by atoms with Gasteiger partial charge in [-0.25, -0.2) is 0 Å². The Labute approximate surface area is 113 Å². The summed E-state index contributed by atoms with van der Waals surface area (Å²) in [5.74, 6) is -0.632. The number of anilines is 1. The largest absolute Gasteiger partial charge is 0.398 e. The lowest BCUT2D eigenvalue weighted by Gasteiger charge is -2.22. The van der Waals surface area contributed by atoms with Crippen molar-refractivity contribution in [2.45, 2.75) is 18.9 Å². The molecule has 96 valence electrons. The van der Waals surface area contributed by atoms with E-state index in [1.165, 1.54) is 4.90 Å². The third-order valence-corrected chi connectivity index (χ3v) is 3.78. The Hall–Kier alpha value is -1.56. The van der Waals surface area contributed by atoms with Crippen molar-refractivity contribution < 1.29 is 9.59 Å². The third-order valence-electron chi connectivity index (χ3n) is 3.09. The highest BCUT2D eigenvalue weighted by molar-refractivity contribution is 9.10. The van der Waals surface area contributed by atoms with E-state index in [0.717, 1.165) is 6.42 Å². The lowest BCUT2D eigenvalue weighted by atomic mass is 10.1. The van der Waals surface area contributed by atoms with Crippen LogP contribution in [-0.2, 0) is 4.79 Å². The Morgan fingerprint density at radius 1 is 1.39 bits per heavy atom. The van der Waals surface area contributed by atoms with Gasteiger partial charge in [-0.15, -0.1) is 0 Å². The van der Waals surface area contributed by atoms with Gasteiger partial charge >= 0.3 is 0 Å². The number of halogens is 1. The number of carbonyl (C=O) groups excluding carboxylic acids is 2. The van der Waals surface area contributed by atoms with Crippen LogP contribution >= 0.6 is 15.9 Å². The fourth-order valence-electron chi connectivity index (χ4n) is 2.13. The molecule has 0 radical (unpaired) electrons. The molecule has 18 heavy (non-hydrogen) atoms. The van der Waals surface area contributed by atoms with Crippen molar-refractivity contribution in [3.05, 3.63) is 28.2 Å². The van der Waals surface area contributed by atoms with Crippen LogP contribution < -0.4 is 11.5 Å². The highest BCUT2D eigenvalue weighted by atomic mass is 79.9. The molecule has 1 aromatic rings. The van der Waals surface area contributed by atoms with Crippen molar-refractivity contribution in [3.63, 3.8) is 0 Å². The first-order valence-corrected chi connectivity index (χ1v) is 6.45. The number of benzene rings is 1. The third kappa shape index (κ3) is 2.33. The van der Waals surface area contributed by atoms with Gasteiger partial charge in [0, 0.05) is 22.3 Å². The first kappa shape index (κ1) is 12.9. The van der Waals surface area contributed by atoms with Crippen LogP contribution in [0, 0.1) is 0 Å². The Bertz CT molecular complexity index is 504. The monoisotopic (exact) mass is 311 g/mol. The quantitative estimate of drug-likeness (QED) is 0.802. The van der Waals surface area contributed by atoms with E-state index in [-0.39, 0.29) is 5.91 Å². The van der Waals surface area contributed by atoms with Gasteiger partial charge in [0.15, 0.2) is 0 Å². The molecule has 5 nitrogen and oxygen atoms in total. The van der Waals surface area contributed by atoms with Gasteiger partial charge in [-0.1, -0.05) is 0 Å². The topological polar surface area (TPSA) is 89.4 Å². The van der Waals surface area contributed by atoms with Crippen LogP contribution in [0.4, 0.5) is 5.69 Å². The summed E-state index contributed by atoms with van der Waals surface area (Å²) in [5.41, 5.74) is 12.0. The fraction of sp³-hybridized carbons (Fsp3) is 0.333. The van der Waals surface area contributed by atoms with E-state index in [1.807, 2.05) is 0 Å². The summed E-state index contributed by atoms with van der Waals surface area (Å²) in [6.07, 6.45) is 1.44. The highest BCUT2D eigenvalue weighted by Crippen LogP contribution is 2.24. The Morgan fingerprint density at radius 2 is 2.11 bits per heavy atom. The van der Waals surface area contributed by atoms with Gasteiger partial charge in [-0.05, 0) is 47.0 Å². The number of amides is 2. The maximum atomic E-state index is 12.3. The van der Waals surface area contributed by atoms with Crippen molar-refractivity contribution in [1.29, 1.82) is 0 Å². The number of nitrogen functional groups attached to an aromatic ring is 1. The predicted octanol–water partition coefficient (Wildman–Crippen LogP) is 1.12. The Morgan fingerprint density at radius 3 is 2.72 bits per heavy atom. The minimum atomic E-state index is -0.492. The van der Waals surface area contributed by atoms with Crippen molar-refractivity contribution >= 4 is 33.4 Å². The molecule has 4 N–H and O–H groups in total. The standard InChI is InChI=1S/C12H14BrN3O2/c13-8-6-7(3-4-9(8)14)12(18)16-5-1-2-10(16)11(15)17/h3-4,6,10H,1-2,5,14H2,(H2,15,17). The molecule has 0 saturated carbocycles. The van der Waals surface area contributed by atoms with Gasteiger partial charge in [-0.3, -0.25) is 9.59 Å². The molecule has 1 unspecified atom stereocenters. The van der Waals surface area contributed by atoms with Crippen LogP contribution in [0.1, 0.15) is 23.2 Å². The molecule has 0 bridgehead atoms. The number of rotatable bonds is 2. The molecule has 2 rings (SSSR count). The van der Waals surface area contributed by atoms with Crippen LogP contribution in [0.5, 0.6) is 0 Å². The zero-order valence-electron chi connectivity index (χ0n) is 9.73. The lowest BCUT2D eigenvalue weighted by molar-refractivity contribution is -0.121. The van der Waals surface area contributed by atoms with E-state index in [0.29, 0.717) is 28.7 Å². The summed E-state index contributed by atoms with van der Waals surface area (Å²) in [4.78, 5) is 25.1. The second kappa shape index (κ2) is 4.97. The average Bonchev–Trinajstić information content (AvgIpc) is 2.81. The zero-order chi connectivity index (χ0) is 13.3. The van der Waals surface area contributed by atoms with E-state index in [1.54, 1.807) is 18.2 Å². The molecule has 1 aromatic carbocycles. The molecule has 1 aliphatic heterocycles. The summed E-state index contributed by atoms with van der Waals surface area (Å²) in [6.45, 7) is 0.564. The molecule has 1 fully saturated rings. The van der Waals surface area contributed by atoms with Gasteiger partial charge in [0.05, 0.1) is 0 Å². The van der Waals surface area contributed by atoms with Gasteiger partial charge in [0.1, 0.15) is 6.04 Å². The molecule has 0 aliphatic carbocycles. The first-order valence-electron chi connectivity index (χ1n) is 5.66. The van der Waals surface area contributed by atoms with E-state index in [9.17, 15) is 9.59 Å². The van der Waals surface area contributed by atoms with E-state index < -0.39 is 11.9 Å². The van der Waals surface area contributed by atoms with Crippen molar-refractivity contribution in [3.8, 4) is 0 Å². The summed E-state index contributed by atoms with van der Waals surface area (Å²) >= 11 is 3.28. The van der Waals surface area contributed by atoms with Gasteiger partial charge < -0.3 is 16.4 Å². The molecular weight excluding hydrogens is 298 g/mol. The second-order valence-electron chi connectivity index (χ2n) is 4.30. The minimum Gasteiger partial charge on any atom is -0.398 e. The SMILES string of the molecule is NC(=O)C1CCCN1C(=O)c1ccc(N)c(Br)c1. The second-order valence-corrected chi connectivity index (χ2v) is 5.15. The van der Waals surface area contributed by atoms with Gasteiger partial charge in [-0.2, -0.15) is 0 Å². The predicted molar refractivity (Wildman–Crippen MR) is 71.8 cm³/mol. The minimum absolute atomic E-state index is 0.183. The molecule has 6 heteroatoms. The smallest absolute Gasteiger partial charge is 0.254 e. The van der Waals surface area contributed by atoms with Crippen molar-refractivity contribution in [1.82, 2.24) is 4.90 Å².